The summed E-state index contributed by atoms with van der Waals surface area (Å²) in [5.41, 5.74) is 1.58. The highest BCUT2D eigenvalue weighted by atomic mass is 32.2. The standard InChI is InChI=1S/C28H39NO6S/c1-3-4-5-6-7-8-9-10-11-12-27(30)29-26(28(31)32)21-23-15-17-24(18-16-23)35-36(33,34)25-19-13-22(2)14-20-25/h13-20,26H,3-12,21H2,1-2H3,(H,29,30)(H,31,32)/t26-/m0/s1. The summed E-state index contributed by atoms with van der Waals surface area (Å²) < 4.78 is 30.1. The number of benzene rings is 2. The van der Waals surface area contributed by atoms with Crippen LogP contribution in [0.3, 0.4) is 0 Å². The Morgan fingerprint density at radius 3 is 1.97 bits per heavy atom. The van der Waals surface area contributed by atoms with Gasteiger partial charge >= 0.3 is 16.1 Å². The predicted octanol–water partition coefficient (Wildman–Crippen LogP) is 5.80. The van der Waals surface area contributed by atoms with Gasteiger partial charge < -0.3 is 14.6 Å². The molecule has 0 aliphatic carbocycles. The van der Waals surface area contributed by atoms with E-state index in [2.05, 4.69) is 12.2 Å². The minimum Gasteiger partial charge on any atom is -0.480 e. The number of aryl methyl sites for hydroxylation is 1. The van der Waals surface area contributed by atoms with Crippen molar-refractivity contribution in [3.05, 3.63) is 59.7 Å². The molecule has 36 heavy (non-hydrogen) atoms. The number of unbranched alkanes of at least 4 members (excludes halogenated alkanes) is 8. The molecule has 2 aromatic rings. The topological polar surface area (TPSA) is 110 Å². The lowest BCUT2D eigenvalue weighted by Gasteiger charge is -2.15. The molecule has 0 radical (unpaired) electrons. The quantitative estimate of drug-likeness (QED) is 0.203. The lowest BCUT2D eigenvalue weighted by molar-refractivity contribution is -0.141. The normalized spacial score (nSPS) is 12.2. The number of nitrogens with one attached hydrogen (secondary N) is 1. The first kappa shape index (κ1) is 29.4. The second-order valence-corrected chi connectivity index (χ2v) is 10.8. The van der Waals surface area contributed by atoms with Gasteiger partial charge in [-0.2, -0.15) is 8.42 Å². The second-order valence-electron chi connectivity index (χ2n) is 9.24. The largest absolute Gasteiger partial charge is 0.480 e. The zero-order valence-corrected chi connectivity index (χ0v) is 22.2. The Hall–Kier alpha value is -2.87. The van der Waals surface area contributed by atoms with Gasteiger partial charge in [0.1, 0.15) is 16.7 Å². The fourth-order valence-corrected chi connectivity index (χ4v) is 4.79. The molecule has 0 bridgehead atoms. The fraction of sp³-hybridized carbons (Fsp3) is 0.500. The number of hydrogen-bond acceptors (Lipinski definition) is 5. The summed E-state index contributed by atoms with van der Waals surface area (Å²) in [5, 5.41) is 12.2. The van der Waals surface area contributed by atoms with Crippen LogP contribution < -0.4 is 9.50 Å². The number of hydrogen-bond donors (Lipinski definition) is 2. The molecule has 0 saturated heterocycles. The van der Waals surface area contributed by atoms with Gasteiger partial charge in [-0.1, -0.05) is 88.1 Å². The Kier molecular flexibility index (Phi) is 12.5. The van der Waals surface area contributed by atoms with Crippen LogP contribution in [-0.4, -0.2) is 31.4 Å². The van der Waals surface area contributed by atoms with E-state index in [1.807, 2.05) is 6.92 Å². The van der Waals surface area contributed by atoms with Crippen LogP contribution in [0.25, 0.3) is 0 Å². The van der Waals surface area contributed by atoms with Crippen LogP contribution in [0.2, 0.25) is 0 Å². The van der Waals surface area contributed by atoms with Crippen molar-refractivity contribution in [1.29, 1.82) is 0 Å². The number of carbonyl (C=O) groups is 2. The molecule has 0 saturated carbocycles. The highest BCUT2D eigenvalue weighted by molar-refractivity contribution is 7.87. The maximum absolute atomic E-state index is 12.4. The van der Waals surface area contributed by atoms with Gasteiger partial charge in [-0.25, -0.2) is 4.79 Å². The molecular formula is C28H39NO6S. The summed E-state index contributed by atoms with van der Waals surface area (Å²) >= 11 is 0. The van der Waals surface area contributed by atoms with Crippen molar-refractivity contribution in [2.45, 2.75) is 95.4 Å². The molecule has 0 heterocycles. The van der Waals surface area contributed by atoms with Crippen LogP contribution in [0.5, 0.6) is 5.75 Å². The third-order valence-corrected chi connectivity index (χ3v) is 7.28. The van der Waals surface area contributed by atoms with Gasteiger partial charge in [-0.3, -0.25) is 4.79 Å². The molecular weight excluding hydrogens is 478 g/mol. The summed E-state index contributed by atoms with van der Waals surface area (Å²) in [4.78, 5) is 24.0. The Balaban J connectivity index is 1.78. The third kappa shape index (κ3) is 10.8. The van der Waals surface area contributed by atoms with Crippen LogP contribution in [0.4, 0.5) is 0 Å². The van der Waals surface area contributed by atoms with Crippen molar-refractivity contribution in [2.75, 3.05) is 0 Å². The van der Waals surface area contributed by atoms with E-state index in [-0.39, 0.29) is 23.0 Å². The third-order valence-electron chi connectivity index (χ3n) is 6.02. The number of aliphatic carboxylic acids is 1. The second kappa shape index (κ2) is 15.3. The van der Waals surface area contributed by atoms with Crippen LogP contribution in [0, 0.1) is 6.92 Å². The van der Waals surface area contributed by atoms with E-state index >= 15 is 0 Å². The van der Waals surface area contributed by atoms with Crippen LogP contribution in [-0.2, 0) is 26.1 Å². The highest BCUT2D eigenvalue weighted by Crippen LogP contribution is 2.20. The van der Waals surface area contributed by atoms with Gasteiger partial charge in [-0.15, -0.1) is 0 Å². The Bertz CT molecular complexity index is 1050. The van der Waals surface area contributed by atoms with Crippen molar-refractivity contribution in [3.63, 3.8) is 0 Å². The van der Waals surface area contributed by atoms with E-state index in [0.717, 1.165) is 24.8 Å². The monoisotopic (exact) mass is 517 g/mol. The van der Waals surface area contributed by atoms with Crippen LogP contribution in [0.15, 0.2) is 53.4 Å². The zero-order valence-electron chi connectivity index (χ0n) is 21.4. The van der Waals surface area contributed by atoms with Gasteiger partial charge in [0.2, 0.25) is 5.91 Å². The van der Waals surface area contributed by atoms with E-state index in [4.69, 9.17) is 4.18 Å². The SMILES string of the molecule is CCCCCCCCCCCC(=O)N[C@@H](Cc1ccc(OS(=O)(=O)c2ccc(C)cc2)cc1)C(=O)O. The molecule has 2 rings (SSSR count). The Labute approximate surface area is 215 Å². The molecule has 198 valence electrons. The summed E-state index contributed by atoms with van der Waals surface area (Å²) in [6.45, 7) is 4.06. The average molecular weight is 518 g/mol. The number of carboxylic acid groups (broad SMARTS) is 1. The highest BCUT2D eigenvalue weighted by Gasteiger charge is 2.21. The average Bonchev–Trinajstić information content (AvgIpc) is 2.84. The van der Waals surface area contributed by atoms with Crippen molar-refractivity contribution < 1.29 is 27.3 Å². The Morgan fingerprint density at radius 1 is 0.861 bits per heavy atom. The molecule has 2 aromatic carbocycles. The minimum absolute atomic E-state index is 0.0535. The lowest BCUT2D eigenvalue weighted by Crippen LogP contribution is -2.42. The minimum atomic E-state index is -3.97. The summed E-state index contributed by atoms with van der Waals surface area (Å²) in [7, 11) is -3.97. The lowest BCUT2D eigenvalue weighted by atomic mass is 10.0. The van der Waals surface area contributed by atoms with Crippen LogP contribution in [0.1, 0.15) is 82.3 Å². The van der Waals surface area contributed by atoms with Crippen molar-refractivity contribution >= 4 is 22.0 Å². The van der Waals surface area contributed by atoms with E-state index in [1.165, 1.54) is 62.8 Å². The summed E-state index contributed by atoms with van der Waals surface area (Å²) in [6.07, 6.45) is 10.7. The number of carboxylic acids is 1. The first-order valence-corrected chi connectivity index (χ1v) is 14.2. The molecule has 2 N–H and O–H groups in total. The van der Waals surface area contributed by atoms with E-state index < -0.39 is 22.1 Å². The van der Waals surface area contributed by atoms with Crippen molar-refractivity contribution in [3.8, 4) is 5.75 Å². The molecule has 0 aliphatic rings. The number of carbonyl (C=O) groups excluding carboxylic acids is 1. The first-order chi connectivity index (χ1) is 17.2. The molecule has 1 amide bonds. The maximum Gasteiger partial charge on any atom is 0.339 e. The van der Waals surface area contributed by atoms with E-state index in [9.17, 15) is 23.1 Å². The number of amides is 1. The van der Waals surface area contributed by atoms with Crippen LogP contribution >= 0.6 is 0 Å². The van der Waals surface area contributed by atoms with Gasteiger partial charge in [0.25, 0.3) is 0 Å². The van der Waals surface area contributed by atoms with E-state index in [1.54, 1.807) is 24.3 Å². The summed E-state index contributed by atoms with van der Waals surface area (Å²) in [6, 6.07) is 11.4. The number of rotatable bonds is 17. The van der Waals surface area contributed by atoms with Gasteiger partial charge in [0.05, 0.1) is 0 Å². The molecule has 0 fully saturated rings. The molecule has 0 unspecified atom stereocenters. The molecule has 0 aliphatic heterocycles. The molecule has 8 heteroatoms. The molecule has 1 atom stereocenters. The summed E-state index contributed by atoms with van der Waals surface area (Å²) in [5.74, 6) is -1.26. The van der Waals surface area contributed by atoms with Crippen molar-refractivity contribution in [1.82, 2.24) is 5.32 Å². The van der Waals surface area contributed by atoms with Crippen molar-refractivity contribution in [2.24, 2.45) is 0 Å². The smallest absolute Gasteiger partial charge is 0.339 e. The van der Waals surface area contributed by atoms with E-state index in [0.29, 0.717) is 12.0 Å². The zero-order chi connectivity index (χ0) is 26.4. The fourth-order valence-electron chi connectivity index (χ4n) is 3.86. The predicted molar refractivity (Wildman–Crippen MR) is 141 cm³/mol. The van der Waals surface area contributed by atoms with Gasteiger partial charge in [-0.05, 0) is 43.2 Å². The first-order valence-electron chi connectivity index (χ1n) is 12.8. The van der Waals surface area contributed by atoms with Gasteiger partial charge in [0, 0.05) is 12.8 Å². The molecule has 7 nitrogen and oxygen atoms in total. The maximum atomic E-state index is 12.4. The Morgan fingerprint density at radius 2 is 1.42 bits per heavy atom. The molecule has 0 aromatic heterocycles. The van der Waals surface area contributed by atoms with Gasteiger partial charge in [0.15, 0.2) is 0 Å². The molecule has 0 spiro atoms.